The molecule has 8 bridgehead atoms. The Hall–Kier alpha value is 0.380. The third kappa shape index (κ3) is 5.05. The molecule has 5 saturated heterocycles. The zero-order chi connectivity index (χ0) is 27.1. The maximum Gasteiger partial charge on any atom is 0.0643 e. The summed E-state index contributed by atoms with van der Waals surface area (Å²) in [6, 6.07) is 0.279. The minimum atomic E-state index is 0. The topological polar surface area (TPSA) is 122 Å². The van der Waals surface area contributed by atoms with Gasteiger partial charge in [0.2, 0.25) is 0 Å². The van der Waals surface area contributed by atoms with Gasteiger partial charge in [-0.25, -0.2) is 0 Å². The van der Waals surface area contributed by atoms with Crippen molar-refractivity contribution in [3.05, 3.63) is 0 Å². The maximum atomic E-state index is 6.95. The van der Waals surface area contributed by atoms with E-state index in [1.807, 2.05) is 0 Å². The van der Waals surface area contributed by atoms with Gasteiger partial charge in [-0.2, -0.15) is 0 Å². The summed E-state index contributed by atoms with van der Waals surface area (Å²) in [4.78, 5) is 0. The number of nitrogens with one attached hydrogen (secondary N) is 8. The van der Waals surface area contributed by atoms with Gasteiger partial charge in [0, 0.05) is 34.3 Å². The predicted molar refractivity (Wildman–Crippen MR) is 161 cm³/mol. The van der Waals surface area contributed by atoms with Crippen molar-refractivity contribution in [3.63, 3.8) is 0 Å². The first kappa shape index (κ1) is 29.8. The van der Waals surface area contributed by atoms with Gasteiger partial charge in [-0.15, -0.1) is 0 Å². The van der Waals surface area contributed by atoms with Crippen LogP contribution in [0.4, 0.5) is 0 Å². The number of hydrogen-bond acceptors (Lipinski definition) is 9. The standard InChI is InChI=1S/C32H57N9.Au/c33-23-15-7-14-22-24(23)32-40-30-21-13-6-5-12-20(21)28(38-30)36-26-17-9-2-1-8-16(17)25(34-26)35-27-18-10-3-4-11-19(18)29(37-27)39-31(22)41-32;/h16-32,34-41H,1-15,33H2;. The first-order valence-corrected chi connectivity index (χ1v) is 18.1. The van der Waals surface area contributed by atoms with E-state index < -0.39 is 0 Å². The quantitative estimate of drug-likeness (QED) is 0.169. The van der Waals surface area contributed by atoms with E-state index in [0.717, 1.165) is 18.3 Å². The van der Waals surface area contributed by atoms with Crippen molar-refractivity contribution in [1.82, 2.24) is 42.5 Å². The summed E-state index contributed by atoms with van der Waals surface area (Å²) in [5.41, 5.74) is 6.95. The van der Waals surface area contributed by atoms with Crippen molar-refractivity contribution >= 4 is 0 Å². The SMILES string of the molecule is NC1CCCC2C3NC4NC(NC5NC(NC6NC(NC(N3)C12)C1CCCCC61)C1CCCCC51)C1CCCCC41.[Au]. The molecule has 241 valence electrons. The van der Waals surface area contributed by atoms with Crippen LogP contribution in [0.15, 0.2) is 0 Å². The van der Waals surface area contributed by atoms with Gasteiger partial charge < -0.3 is 5.73 Å². The van der Waals surface area contributed by atoms with Crippen LogP contribution in [0.2, 0.25) is 0 Å². The molecule has 9 rings (SSSR count). The summed E-state index contributed by atoms with van der Waals surface area (Å²) in [5.74, 6) is 5.37. The minimum absolute atomic E-state index is 0. The van der Waals surface area contributed by atoms with Gasteiger partial charge in [0.1, 0.15) is 0 Å². The number of fused-ring (bicyclic) bond motifs is 20. The zero-order valence-corrected chi connectivity index (χ0v) is 27.5. The van der Waals surface area contributed by atoms with Crippen LogP contribution in [0.1, 0.15) is 96.3 Å². The van der Waals surface area contributed by atoms with Crippen molar-refractivity contribution in [2.45, 2.75) is 152 Å². The summed E-state index contributed by atoms with van der Waals surface area (Å²) in [5, 5.41) is 33.6. The van der Waals surface area contributed by atoms with Crippen LogP contribution in [-0.2, 0) is 22.4 Å². The molecule has 0 aromatic carbocycles. The molecular formula is C32H57AuN9. The van der Waals surface area contributed by atoms with E-state index in [-0.39, 0.29) is 34.6 Å². The normalized spacial score (nSPS) is 56.9. The predicted octanol–water partition coefficient (Wildman–Crippen LogP) is 1.54. The molecular weight excluding hydrogens is 707 g/mol. The minimum Gasteiger partial charge on any atom is -0.327 e. The zero-order valence-electron chi connectivity index (χ0n) is 25.3. The van der Waals surface area contributed by atoms with Crippen molar-refractivity contribution in [2.75, 3.05) is 0 Å². The van der Waals surface area contributed by atoms with Crippen LogP contribution < -0.4 is 48.3 Å². The Balaban J connectivity index is 0.00000267. The molecule has 0 aromatic rings. The molecule has 5 heterocycles. The largest absolute Gasteiger partial charge is 0.327 e. The molecule has 1 radical (unpaired) electrons. The summed E-state index contributed by atoms with van der Waals surface area (Å²) < 4.78 is 0. The Morgan fingerprint density at radius 1 is 0.310 bits per heavy atom. The monoisotopic (exact) mass is 764 g/mol. The summed E-state index contributed by atoms with van der Waals surface area (Å²) >= 11 is 0. The van der Waals surface area contributed by atoms with Gasteiger partial charge in [-0.05, 0) is 92.8 Å². The molecule has 4 aliphatic carbocycles. The molecule has 10 heteroatoms. The Labute approximate surface area is 268 Å². The van der Waals surface area contributed by atoms with Crippen molar-refractivity contribution in [2.24, 2.45) is 53.1 Å². The van der Waals surface area contributed by atoms with Crippen LogP contribution in [0.25, 0.3) is 0 Å². The van der Waals surface area contributed by atoms with E-state index in [2.05, 4.69) is 42.5 Å². The van der Waals surface area contributed by atoms with E-state index >= 15 is 0 Å². The average Bonchev–Trinajstić information content (AvgIpc) is 3.73. The van der Waals surface area contributed by atoms with E-state index in [0.29, 0.717) is 78.7 Å². The van der Waals surface area contributed by atoms with Crippen LogP contribution in [0.3, 0.4) is 0 Å². The Morgan fingerprint density at radius 2 is 0.571 bits per heavy atom. The molecule has 42 heavy (non-hydrogen) atoms. The fourth-order valence-electron chi connectivity index (χ4n) is 12.1. The van der Waals surface area contributed by atoms with Crippen molar-refractivity contribution < 1.29 is 22.4 Å². The van der Waals surface area contributed by atoms with Gasteiger partial charge in [-0.1, -0.05) is 44.9 Å². The number of rotatable bonds is 0. The second kappa shape index (κ2) is 12.2. The van der Waals surface area contributed by atoms with Crippen LogP contribution >= 0.6 is 0 Å². The molecule has 10 N–H and O–H groups in total. The molecule has 0 spiro atoms. The van der Waals surface area contributed by atoms with Gasteiger partial charge in [0.25, 0.3) is 0 Å². The molecule has 0 aromatic heterocycles. The fourth-order valence-corrected chi connectivity index (χ4v) is 12.1. The van der Waals surface area contributed by atoms with Crippen molar-refractivity contribution in [3.8, 4) is 0 Å². The van der Waals surface area contributed by atoms with E-state index in [1.54, 1.807) is 0 Å². The summed E-state index contributed by atoms with van der Waals surface area (Å²) in [6.07, 6.45) is 23.0. The second-order valence-electron chi connectivity index (χ2n) is 15.8. The van der Waals surface area contributed by atoms with E-state index in [4.69, 9.17) is 5.73 Å². The Bertz CT molecular complexity index is 955. The first-order valence-electron chi connectivity index (χ1n) is 18.1. The van der Waals surface area contributed by atoms with Crippen LogP contribution in [0, 0.1) is 47.3 Å². The third-order valence-corrected chi connectivity index (χ3v) is 13.9. The third-order valence-electron chi connectivity index (χ3n) is 13.9. The molecule has 4 saturated carbocycles. The van der Waals surface area contributed by atoms with E-state index in [1.165, 1.54) is 89.9 Å². The first-order chi connectivity index (χ1) is 20.2. The van der Waals surface area contributed by atoms with E-state index in [9.17, 15) is 0 Å². The van der Waals surface area contributed by atoms with Crippen LogP contribution in [-0.4, -0.2) is 55.4 Å². The Morgan fingerprint density at radius 3 is 0.905 bits per heavy atom. The molecule has 17 unspecified atom stereocenters. The molecule has 9 nitrogen and oxygen atoms in total. The second-order valence-corrected chi connectivity index (χ2v) is 15.8. The summed E-state index contributed by atoms with van der Waals surface area (Å²) in [7, 11) is 0. The van der Waals surface area contributed by atoms with Gasteiger partial charge in [0.05, 0.1) is 49.3 Å². The fraction of sp³-hybridized carbons (Fsp3) is 1.00. The number of hydrogen-bond donors (Lipinski definition) is 9. The Kier molecular flexibility index (Phi) is 8.64. The molecule has 9 aliphatic rings. The van der Waals surface area contributed by atoms with Gasteiger partial charge in [0.15, 0.2) is 0 Å². The molecule has 17 atom stereocenters. The number of nitrogens with two attached hydrogens (primary N) is 1. The van der Waals surface area contributed by atoms with Gasteiger partial charge in [-0.3, -0.25) is 42.5 Å². The van der Waals surface area contributed by atoms with Crippen molar-refractivity contribution in [1.29, 1.82) is 0 Å². The molecule has 5 aliphatic heterocycles. The average molecular weight is 765 g/mol. The smallest absolute Gasteiger partial charge is 0.0643 e. The molecule has 9 fully saturated rings. The maximum absolute atomic E-state index is 6.95. The van der Waals surface area contributed by atoms with Crippen LogP contribution in [0.5, 0.6) is 0 Å². The summed E-state index contributed by atoms with van der Waals surface area (Å²) in [6.45, 7) is 0. The van der Waals surface area contributed by atoms with Gasteiger partial charge >= 0.3 is 0 Å². The molecule has 0 amide bonds.